The van der Waals surface area contributed by atoms with E-state index in [1.165, 1.54) is 12.1 Å². The first-order valence-electron chi connectivity index (χ1n) is 4.87. The van der Waals surface area contributed by atoms with Gasteiger partial charge in [0.2, 0.25) is 0 Å². The number of benzene rings is 1. The third kappa shape index (κ3) is 3.84. The predicted molar refractivity (Wildman–Crippen MR) is 61.3 cm³/mol. The van der Waals surface area contributed by atoms with Gasteiger partial charge in [-0.15, -0.1) is 0 Å². The minimum atomic E-state index is -0.409. The highest BCUT2D eigenvalue weighted by molar-refractivity contribution is 5.53. The summed E-state index contributed by atoms with van der Waals surface area (Å²) < 4.78 is 4.85. The van der Waals surface area contributed by atoms with Gasteiger partial charge in [-0.1, -0.05) is 0 Å². The van der Waals surface area contributed by atoms with Crippen molar-refractivity contribution in [2.75, 3.05) is 25.7 Å². The van der Waals surface area contributed by atoms with Crippen LogP contribution in [-0.4, -0.2) is 25.2 Å². The van der Waals surface area contributed by atoms with Crippen molar-refractivity contribution in [3.05, 3.63) is 33.9 Å². The summed E-state index contributed by atoms with van der Waals surface area (Å²) in [5.74, 6) is 0. The lowest BCUT2D eigenvalue weighted by Crippen LogP contribution is -2.25. The standard InChI is InChI=1S/C10H15N3O3/c1-8-5-9(12-11-3-4-16-2)7-10(6-8)13(14)15/h5-7,11-12H,3-4H2,1-2H3. The maximum atomic E-state index is 10.6. The second-order valence-electron chi connectivity index (χ2n) is 3.36. The topological polar surface area (TPSA) is 76.4 Å². The van der Waals surface area contributed by atoms with Crippen molar-refractivity contribution in [1.82, 2.24) is 5.43 Å². The van der Waals surface area contributed by atoms with Gasteiger partial charge in [-0.25, -0.2) is 5.43 Å². The maximum absolute atomic E-state index is 10.6. The zero-order valence-electron chi connectivity index (χ0n) is 9.32. The minimum absolute atomic E-state index is 0.0797. The van der Waals surface area contributed by atoms with E-state index in [4.69, 9.17) is 4.74 Å². The van der Waals surface area contributed by atoms with Crippen LogP contribution in [0.3, 0.4) is 0 Å². The zero-order valence-corrected chi connectivity index (χ0v) is 9.32. The molecule has 0 bridgehead atoms. The van der Waals surface area contributed by atoms with Gasteiger partial charge in [0.1, 0.15) is 0 Å². The molecule has 6 heteroatoms. The molecule has 88 valence electrons. The number of anilines is 1. The monoisotopic (exact) mass is 225 g/mol. The number of nitro benzene ring substituents is 1. The van der Waals surface area contributed by atoms with Crippen molar-refractivity contribution in [2.45, 2.75) is 6.92 Å². The summed E-state index contributed by atoms with van der Waals surface area (Å²) in [7, 11) is 1.61. The Morgan fingerprint density at radius 3 is 2.81 bits per heavy atom. The molecule has 0 heterocycles. The largest absolute Gasteiger partial charge is 0.383 e. The summed E-state index contributed by atoms with van der Waals surface area (Å²) in [6, 6.07) is 4.83. The van der Waals surface area contributed by atoms with Gasteiger partial charge >= 0.3 is 0 Å². The highest BCUT2D eigenvalue weighted by atomic mass is 16.6. The second-order valence-corrected chi connectivity index (χ2v) is 3.36. The number of hydrogen-bond donors (Lipinski definition) is 2. The first kappa shape index (κ1) is 12.4. The number of methoxy groups -OCH3 is 1. The van der Waals surface area contributed by atoms with E-state index < -0.39 is 4.92 Å². The molecule has 0 saturated carbocycles. The van der Waals surface area contributed by atoms with Crippen molar-refractivity contribution in [2.24, 2.45) is 0 Å². The van der Waals surface area contributed by atoms with E-state index in [0.717, 1.165) is 5.56 Å². The van der Waals surface area contributed by atoms with Gasteiger partial charge in [0, 0.05) is 25.8 Å². The summed E-state index contributed by atoms with van der Waals surface area (Å²) in [6.45, 7) is 3.01. The Balaban J connectivity index is 2.62. The van der Waals surface area contributed by atoms with E-state index >= 15 is 0 Å². The van der Waals surface area contributed by atoms with Crippen LogP contribution >= 0.6 is 0 Å². The van der Waals surface area contributed by atoms with E-state index in [1.807, 2.05) is 13.0 Å². The van der Waals surface area contributed by atoms with Gasteiger partial charge in [0.05, 0.1) is 17.2 Å². The molecule has 0 saturated heterocycles. The van der Waals surface area contributed by atoms with Crippen LogP contribution in [-0.2, 0) is 4.74 Å². The normalized spacial score (nSPS) is 10.1. The number of rotatable bonds is 6. The summed E-state index contributed by atoms with van der Waals surface area (Å²) in [6.07, 6.45) is 0. The van der Waals surface area contributed by atoms with Crippen molar-refractivity contribution in [3.63, 3.8) is 0 Å². The number of nitrogens with one attached hydrogen (secondary N) is 2. The maximum Gasteiger partial charge on any atom is 0.271 e. The molecule has 0 aromatic heterocycles. The summed E-state index contributed by atoms with van der Waals surface area (Å²) >= 11 is 0. The lowest BCUT2D eigenvalue weighted by molar-refractivity contribution is -0.384. The van der Waals surface area contributed by atoms with Gasteiger partial charge in [0.25, 0.3) is 5.69 Å². The number of nitrogens with zero attached hydrogens (tertiary/aromatic N) is 1. The molecule has 6 nitrogen and oxygen atoms in total. The summed E-state index contributed by atoms with van der Waals surface area (Å²) in [5, 5.41) is 10.6. The van der Waals surface area contributed by atoms with Crippen molar-refractivity contribution in [3.8, 4) is 0 Å². The molecule has 0 aliphatic rings. The number of hydrogen-bond acceptors (Lipinski definition) is 5. The zero-order chi connectivity index (χ0) is 12.0. The molecule has 0 atom stereocenters. The average molecular weight is 225 g/mol. The Hall–Kier alpha value is -1.66. The lowest BCUT2D eigenvalue weighted by atomic mass is 10.2. The molecule has 0 aliphatic carbocycles. The Labute approximate surface area is 93.7 Å². The fourth-order valence-electron chi connectivity index (χ4n) is 1.26. The molecule has 16 heavy (non-hydrogen) atoms. The number of non-ortho nitro benzene ring substituents is 1. The molecule has 1 rings (SSSR count). The van der Waals surface area contributed by atoms with Crippen LogP contribution in [0.25, 0.3) is 0 Å². The molecule has 0 radical (unpaired) electrons. The number of hydrazine groups is 1. The SMILES string of the molecule is COCCNNc1cc(C)cc([N+](=O)[O-])c1. The molecular formula is C10H15N3O3. The predicted octanol–water partition coefficient (Wildman–Crippen LogP) is 1.47. The molecule has 2 N–H and O–H groups in total. The molecule has 0 amide bonds. The second kappa shape index (κ2) is 6.04. The van der Waals surface area contributed by atoms with Gasteiger partial charge in [-0.2, -0.15) is 0 Å². The van der Waals surface area contributed by atoms with Gasteiger partial charge in [-0.05, 0) is 18.6 Å². The Kier molecular flexibility index (Phi) is 4.68. The van der Waals surface area contributed by atoms with Crippen molar-refractivity contribution >= 4 is 11.4 Å². The van der Waals surface area contributed by atoms with E-state index in [-0.39, 0.29) is 5.69 Å². The van der Waals surface area contributed by atoms with E-state index in [1.54, 1.807) is 7.11 Å². The minimum Gasteiger partial charge on any atom is -0.383 e. The quantitative estimate of drug-likeness (QED) is 0.435. The van der Waals surface area contributed by atoms with Gasteiger partial charge < -0.3 is 10.2 Å². The van der Waals surface area contributed by atoms with E-state index in [9.17, 15) is 10.1 Å². The van der Waals surface area contributed by atoms with E-state index in [2.05, 4.69) is 10.9 Å². The Morgan fingerprint density at radius 1 is 1.44 bits per heavy atom. The van der Waals surface area contributed by atoms with Crippen LogP contribution in [0, 0.1) is 17.0 Å². The molecule has 0 fully saturated rings. The van der Waals surface area contributed by atoms with Crippen LogP contribution in [0.1, 0.15) is 5.56 Å². The molecule has 0 aliphatic heterocycles. The lowest BCUT2D eigenvalue weighted by Gasteiger charge is -2.08. The van der Waals surface area contributed by atoms with E-state index in [0.29, 0.717) is 18.8 Å². The number of ether oxygens (including phenoxy) is 1. The smallest absolute Gasteiger partial charge is 0.271 e. The Bertz CT molecular complexity index is 368. The highest BCUT2D eigenvalue weighted by Gasteiger charge is 2.07. The first-order chi connectivity index (χ1) is 7.63. The fourth-order valence-corrected chi connectivity index (χ4v) is 1.26. The molecule has 0 spiro atoms. The van der Waals surface area contributed by atoms with Crippen LogP contribution in [0.2, 0.25) is 0 Å². The van der Waals surface area contributed by atoms with Crippen molar-refractivity contribution in [1.29, 1.82) is 0 Å². The summed E-state index contributed by atoms with van der Waals surface area (Å²) in [5.41, 5.74) is 7.37. The van der Waals surface area contributed by atoms with Crippen LogP contribution in [0.5, 0.6) is 0 Å². The third-order valence-electron chi connectivity index (χ3n) is 1.94. The highest BCUT2D eigenvalue weighted by Crippen LogP contribution is 2.19. The molecule has 1 aromatic rings. The molecule has 1 aromatic carbocycles. The number of aryl methyl sites for hydroxylation is 1. The number of nitro groups is 1. The average Bonchev–Trinajstić information content (AvgIpc) is 2.23. The van der Waals surface area contributed by atoms with Gasteiger partial charge in [-0.3, -0.25) is 10.1 Å². The Morgan fingerprint density at radius 2 is 2.19 bits per heavy atom. The van der Waals surface area contributed by atoms with Gasteiger partial charge in [0.15, 0.2) is 0 Å². The molecular weight excluding hydrogens is 210 g/mol. The summed E-state index contributed by atoms with van der Waals surface area (Å²) in [4.78, 5) is 10.2. The third-order valence-corrected chi connectivity index (χ3v) is 1.94. The first-order valence-corrected chi connectivity index (χ1v) is 4.87. The van der Waals surface area contributed by atoms with Crippen LogP contribution in [0.15, 0.2) is 18.2 Å². The van der Waals surface area contributed by atoms with Crippen LogP contribution in [0.4, 0.5) is 11.4 Å². The fraction of sp³-hybridized carbons (Fsp3) is 0.400. The molecule has 0 unspecified atom stereocenters. The van der Waals surface area contributed by atoms with Crippen molar-refractivity contribution < 1.29 is 9.66 Å². The van der Waals surface area contributed by atoms with Crippen LogP contribution < -0.4 is 10.9 Å².